The van der Waals surface area contributed by atoms with E-state index in [1.54, 1.807) is 18.5 Å². The van der Waals surface area contributed by atoms with E-state index < -0.39 is 23.6 Å². The van der Waals surface area contributed by atoms with E-state index in [-0.39, 0.29) is 36.3 Å². The minimum atomic E-state index is -0.923. The monoisotopic (exact) mass is 663 g/mol. The number of pyridine rings is 1. The summed E-state index contributed by atoms with van der Waals surface area (Å²) in [5.74, 6) is 0.420. The zero-order valence-electron chi connectivity index (χ0n) is 25.4. The second kappa shape index (κ2) is 11.0. The molecule has 5 aliphatic heterocycles. The molecule has 1 aromatic carbocycles. The predicted molar refractivity (Wildman–Crippen MR) is 168 cm³/mol. The molecule has 0 radical (unpaired) electrons. The molecule has 47 heavy (non-hydrogen) atoms. The predicted octanol–water partition coefficient (Wildman–Crippen LogP) is 4.54. The lowest BCUT2D eigenvalue weighted by Crippen LogP contribution is -2.44. The Bertz CT molecular complexity index is 2020. The van der Waals surface area contributed by atoms with Crippen LogP contribution in [0.4, 0.5) is 14.6 Å². The fourth-order valence-electron chi connectivity index (χ4n) is 8.15. The second-order valence-electron chi connectivity index (χ2n) is 13.3. The Hall–Kier alpha value is -4.01. The molecular weight excluding hydrogens is 632 g/mol. The number of halogens is 3. The first-order valence-corrected chi connectivity index (χ1v) is 16.5. The standard InChI is InChI=1S/C32H32ClF2N9O3/c33-22-8-23-20(11-37-41-23)25-19(22)3-1-4-24-38-30(47-42-24)16-7-18(45)14-43(12-16)29-21-10-36-28(25)26(35)27(21)39-31(40-29)46-15-32-5-2-6-44(32)13-17(34)9-32/h8,10-11,16-18,45H,1-7,9,12-15H2,(H,37,41)/t16-,17-,18+,32+/m1/s1. The number of hydrogen-bond acceptors (Lipinski definition) is 11. The quantitative estimate of drug-likeness (QED) is 0.281. The minimum Gasteiger partial charge on any atom is -0.461 e. The van der Waals surface area contributed by atoms with Crippen molar-refractivity contribution in [3.63, 3.8) is 0 Å². The van der Waals surface area contributed by atoms with Crippen molar-refractivity contribution in [3.8, 4) is 17.3 Å². The third-order valence-electron chi connectivity index (χ3n) is 10.3. The molecule has 2 N–H and O–H groups in total. The van der Waals surface area contributed by atoms with Gasteiger partial charge in [-0.15, -0.1) is 0 Å². The number of aryl methyl sites for hydroxylation is 1. The van der Waals surface area contributed by atoms with Gasteiger partial charge in [0, 0.05) is 54.6 Å². The molecule has 3 saturated heterocycles. The minimum absolute atomic E-state index is 0.0235. The van der Waals surface area contributed by atoms with Gasteiger partial charge in [0.05, 0.1) is 34.7 Å². The first-order valence-electron chi connectivity index (χ1n) is 16.1. The van der Waals surface area contributed by atoms with Crippen molar-refractivity contribution in [1.82, 2.24) is 40.2 Å². The molecule has 4 aromatic heterocycles. The lowest BCUT2D eigenvalue weighted by Gasteiger charge is -2.35. The van der Waals surface area contributed by atoms with E-state index in [1.165, 1.54) is 0 Å². The van der Waals surface area contributed by atoms with Crippen LogP contribution >= 0.6 is 11.6 Å². The fraction of sp³-hybridized carbons (Fsp3) is 0.500. The lowest BCUT2D eigenvalue weighted by atomic mass is 9.94. The number of hydrogen-bond donors (Lipinski definition) is 2. The molecule has 15 heteroatoms. The molecule has 8 bridgehead atoms. The van der Waals surface area contributed by atoms with Crippen LogP contribution in [0.1, 0.15) is 55.3 Å². The molecule has 0 amide bonds. The highest BCUT2D eigenvalue weighted by Gasteiger charge is 2.49. The highest BCUT2D eigenvalue weighted by atomic mass is 35.5. The van der Waals surface area contributed by atoms with E-state index >= 15 is 4.39 Å². The fourth-order valence-corrected chi connectivity index (χ4v) is 8.45. The SMILES string of the molecule is O[C@H]1C[C@@H]2CN(C1)c1nc(OC[C@@]34CCCN3C[C@H](F)C4)nc3c(F)c(ncc13)-c1c(c(Cl)cc3[nH]ncc13)CCCc1noc2n1. The van der Waals surface area contributed by atoms with Gasteiger partial charge in [0.2, 0.25) is 5.89 Å². The van der Waals surface area contributed by atoms with Gasteiger partial charge >= 0.3 is 6.01 Å². The van der Waals surface area contributed by atoms with Crippen LogP contribution in [0.15, 0.2) is 23.0 Å². The number of aliphatic hydroxyl groups excluding tert-OH is 1. The van der Waals surface area contributed by atoms with E-state index in [0.717, 1.165) is 24.9 Å². The third kappa shape index (κ3) is 4.82. The normalized spacial score (nSPS) is 26.0. The summed E-state index contributed by atoms with van der Waals surface area (Å²) in [6.07, 6.45) is 5.74. The largest absolute Gasteiger partial charge is 0.461 e. The number of nitrogens with one attached hydrogen (secondary N) is 1. The molecule has 3 fully saturated rings. The van der Waals surface area contributed by atoms with Crippen LogP contribution in [-0.4, -0.2) is 95.9 Å². The Kier molecular flexibility index (Phi) is 6.84. The number of alkyl halides is 1. The molecule has 244 valence electrons. The lowest BCUT2D eigenvalue weighted by molar-refractivity contribution is 0.107. The van der Waals surface area contributed by atoms with E-state index in [9.17, 15) is 9.50 Å². The number of rotatable bonds is 3. The Balaban J connectivity index is 1.23. The molecule has 0 saturated carbocycles. The molecule has 5 aromatic rings. The van der Waals surface area contributed by atoms with Crippen molar-refractivity contribution in [2.75, 3.05) is 37.7 Å². The van der Waals surface area contributed by atoms with E-state index in [2.05, 4.69) is 35.2 Å². The number of piperidine rings is 1. The summed E-state index contributed by atoms with van der Waals surface area (Å²) in [5.41, 5.74) is 1.56. The van der Waals surface area contributed by atoms with Gasteiger partial charge in [-0.25, -0.2) is 8.78 Å². The van der Waals surface area contributed by atoms with Crippen LogP contribution in [0.2, 0.25) is 5.02 Å². The van der Waals surface area contributed by atoms with E-state index in [0.29, 0.717) is 89.6 Å². The Morgan fingerprint density at radius 3 is 2.96 bits per heavy atom. The molecule has 4 atom stereocenters. The summed E-state index contributed by atoms with van der Waals surface area (Å²) in [6.45, 7) is 2.00. The van der Waals surface area contributed by atoms with Crippen LogP contribution in [-0.2, 0) is 12.8 Å². The molecule has 12 nitrogen and oxygen atoms in total. The first-order chi connectivity index (χ1) is 22.8. The average molecular weight is 664 g/mol. The highest BCUT2D eigenvalue weighted by molar-refractivity contribution is 6.33. The van der Waals surface area contributed by atoms with Crippen LogP contribution < -0.4 is 9.64 Å². The maximum atomic E-state index is 17.1. The summed E-state index contributed by atoms with van der Waals surface area (Å²) in [5, 5.41) is 23.9. The number of aromatic amines is 1. The van der Waals surface area contributed by atoms with Crippen molar-refractivity contribution < 1.29 is 23.1 Å². The maximum Gasteiger partial charge on any atom is 0.319 e. The number of fused-ring (bicyclic) bond motifs is 5. The Morgan fingerprint density at radius 2 is 2.04 bits per heavy atom. The summed E-state index contributed by atoms with van der Waals surface area (Å²) in [4.78, 5) is 22.8. The van der Waals surface area contributed by atoms with Crippen molar-refractivity contribution >= 4 is 39.2 Å². The van der Waals surface area contributed by atoms with Gasteiger partial charge in [-0.05, 0) is 50.3 Å². The van der Waals surface area contributed by atoms with Crippen LogP contribution in [0.5, 0.6) is 6.01 Å². The summed E-state index contributed by atoms with van der Waals surface area (Å²) in [7, 11) is 0. The maximum absolute atomic E-state index is 17.1. The van der Waals surface area contributed by atoms with Crippen molar-refractivity contribution in [2.24, 2.45) is 0 Å². The Morgan fingerprint density at radius 1 is 1.13 bits per heavy atom. The zero-order chi connectivity index (χ0) is 31.9. The molecule has 0 spiro atoms. The summed E-state index contributed by atoms with van der Waals surface area (Å²) < 4.78 is 43.6. The van der Waals surface area contributed by atoms with Gasteiger partial charge in [0.15, 0.2) is 11.6 Å². The molecule has 5 aliphatic rings. The third-order valence-corrected chi connectivity index (χ3v) is 10.6. The van der Waals surface area contributed by atoms with Crippen molar-refractivity contribution in [3.05, 3.63) is 46.6 Å². The summed E-state index contributed by atoms with van der Waals surface area (Å²) >= 11 is 6.83. The number of H-pyrrole nitrogens is 1. The van der Waals surface area contributed by atoms with Crippen LogP contribution in [0.25, 0.3) is 33.1 Å². The van der Waals surface area contributed by atoms with Gasteiger partial charge in [0.25, 0.3) is 0 Å². The second-order valence-corrected chi connectivity index (χ2v) is 13.7. The molecular formula is C32H32ClF2N9O3. The number of ether oxygens (including phenoxy) is 1. The van der Waals surface area contributed by atoms with E-state index in [4.69, 9.17) is 25.8 Å². The van der Waals surface area contributed by atoms with Gasteiger partial charge in [-0.2, -0.15) is 20.1 Å². The highest BCUT2D eigenvalue weighted by Crippen LogP contribution is 2.43. The smallest absolute Gasteiger partial charge is 0.319 e. The van der Waals surface area contributed by atoms with Gasteiger partial charge in [0.1, 0.15) is 29.8 Å². The average Bonchev–Trinajstić information content (AvgIpc) is 3.84. The number of aliphatic hydroxyl groups is 1. The van der Waals surface area contributed by atoms with Crippen molar-refractivity contribution in [1.29, 1.82) is 0 Å². The Labute approximate surface area is 272 Å². The van der Waals surface area contributed by atoms with E-state index in [1.807, 2.05) is 4.90 Å². The van der Waals surface area contributed by atoms with Crippen LogP contribution in [0.3, 0.4) is 0 Å². The topological polar surface area (TPSA) is 142 Å². The number of aromatic nitrogens is 7. The zero-order valence-corrected chi connectivity index (χ0v) is 26.2. The van der Waals surface area contributed by atoms with Gasteiger partial charge in [-0.3, -0.25) is 15.0 Å². The van der Waals surface area contributed by atoms with Crippen LogP contribution in [0, 0.1) is 5.82 Å². The molecule has 9 heterocycles. The first kappa shape index (κ1) is 29.2. The van der Waals surface area contributed by atoms with Gasteiger partial charge in [-0.1, -0.05) is 16.8 Å². The van der Waals surface area contributed by atoms with Gasteiger partial charge < -0.3 is 19.3 Å². The number of nitrogens with zero attached hydrogens (tertiary/aromatic N) is 8. The number of benzene rings is 1. The molecule has 0 aliphatic carbocycles. The molecule has 10 rings (SSSR count). The number of anilines is 1. The van der Waals surface area contributed by atoms with Crippen molar-refractivity contribution in [2.45, 2.75) is 68.7 Å². The molecule has 0 unspecified atom stereocenters. The summed E-state index contributed by atoms with van der Waals surface area (Å²) in [6, 6.07) is 1.76.